The number of hydrogen-bond acceptors (Lipinski definition) is 4. The zero-order valence-electron chi connectivity index (χ0n) is 14.0. The van der Waals surface area contributed by atoms with Gasteiger partial charge in [-0.2, -0.15) is 0 Å². The second kappa shape index (κ2) is 11.5. The van der Waals surface area contributed by atoms with Crippen molar-refractivity contribution in [1.29, 1.82) is 0 Å². The number of pyridine rings is 1. The second-order valence-electron chi connectivity index (χ2n) is 5.22. The third-order valence-electron chi connectivity index (χ3n) is 3.40. The number of ether oxygens (including phenoxy) is 1. The summed E-state index contributed by atoms with van der Waals surface area (Å²) in [5.74, 6) is 0.447. The van der Waals surface area contributed by atoms with Crippen LogP contribution in [-0.4, -0.2) is 36.5 Å². The summed E-state index contributed by atoms with van der Waals surface area (Å²) in [4.78, 5) is 16.4. The second-order valence-corrected chi connectivity index (χ2v) is 6.51. The fourth-order valence-electron chi connectivity index (χ4n) is 2.27. The number of amides is 1. The van der Waals surface area contributed by atoms with Gasteiger partial charge in [0.1, 0.15) is 6.61 Å². The summed E-state index contributed by atoms with van der Waals surface area (Å²) < 4.78 is 6.11. The Balaban J connectivity index is 0.00000312. The predicted molar refractivity (Wildman–Crippen MR) is 110 cm³/mol. The molecule has 1 aromatic heterocycles. The molecule has 2 aromatic rings. The van der Waals surface area contributed by atoms with Crippen LogP contribution < -0.4 is 10.6 Å². The molecule has 0 bridgehead atoms. The number of carbonyl (C=O) groups is 1. The van der Waals surface area contributed by atoms with Crippen LogP contribution in [0.3, 0.4) is 0 Å². The molecule has 0 saturated heterocycles. The molecule has 0 atom stereocenters. The van der Waals surface area contributed by atoms with Gasteiger partial charge in [0.05, 0.1) is 23.1 Å². The molecule has 1 heterocycles. The molecule has 0 aliphatic rings. The number of carbonyl (C=O) groups excluding carboxylic acids is 1. The van der Waals surface area contributed by atoms with E-state index < -0.39 is 0 Å². The molecule has 0 spiro atoms. The quantitative estimate of drug-likeness (QED) is 0.424. The first kappa shape index (κ1) is 22.0. The minimum absolute atomic E-state index is 0. The lowest BCUT2D eigenvalue weighted by molar-refractivity contribution is -0.120. The van der Waals surface area contributed by atoms with E-state index in [0.29, 0.717) is 18.2 Å². The average molecular weight is 451 g/mol. The molecule has 5 nitrogen and oxygen atoms in total. The highest BCUT2D eigenvalue weighted by Crippen LogP contribution is 2.31. The van der Waals surface area contributed by atoms with Crippen molar-refractivity contribution in [2.45, 2.75) is 19.8 Å². The summed E-state index contributed by atoms with van der Waals surface area (Å²) >= 11 is 9.19. The van der Waals surface area contributed by atoms with E-state index >= 15 is 0 Å². The molecule has 1 amide bonds. The smallest absolute Gasteiger partial charge is 0.250 e. The molecule has 2 N–H and O–H groups in total. The minimum Gasteiger partial charge on any atom is -0.383 e. The van der Waals surface area contributed by atoms with Gasteiger partial charge in [-0.05, 0) is 38.0 Å². The number of hydrogen-bond donors (Lipinski definition) is 2. The van der Waals surface area contributed by atoms with E-state index in [1.807, 2.05) is 25.1 Å². The lowest BCUT2D eigenvalue weighted by Gasteiger charge is -2.15. The summed E-state index contributed by atoms with van der Waals surface area (Å²) in [6, 6.07) is 5.89. The highest BCUT2D eigenvalue weighted by molar-refractivity contribution is 9.10. The Morgan fingerprint density at radius 2 is 2.16 bits per heavy atom. The summed E-state index contributed by atoms with van der Waals surface area (Å²) in [5.41, 5.74) is 2.37. The van der Waals surface area contributed by atoms with Crippen molar-refractivity contribution in [3.63, 3.8) is 0 Å². The Hall–Kier alpha value is -1.08. The van der Waals surface area contributed by atoms with Crippen molar-refractivity contribution in [2.75, 3.05) is 36.3 Å². The van der Waals surface area contributed by atoms with Crippen LogP contribution in [0.15, 0.2) is 28.9 Å². The zero-order valence-corrected chi connectivity index (χ0v) is 17.1. The minimum atomic E-state index is -0.195. The number of anilines is 2. The van der Waals surface area contributed by atoms with Gasteiger partial charge in [0, 0.05) is 28.9 Å². The number of fused-ring (bicyclic) bond motifs is 1. The molecule has 1 aromatic carbocycles. The van der Waals surface area contributed by atoms with Crippen LogP contribution in [0, 0.1) is 0 Å². The number of aromatic nitrogens is 1. The van der Waals surface area contributed by atoms with Crippen LogP contribution in [0.25, 0.3) is 10.9 Å². The van der Waals surface area contributed by atoms with Crippen molar-refractivity contribution in [3.8, 4) is 0 Å². The van der Waals surface area contributed by atoms with E-state index in [9.17, 15) is 4.79 Å². The van der Waals surface area contributed by atoms with E-state index in [1.165, 1.54) is 0 Å². The summed E-state index contributed by atoms with van der Waals surface area (Å²) in [6.45, 7) is 3.16. The van der Waals surface area contributed by atoms with Gasteiger partial charge in [-0.15, -0.1) is 24.0 Å². The maximum atomic E-state index is 12.0. The largest absolute Gasteiger partial charge is 0.383 e. The van der Waals surface area contributed by atoms with Crippen LogP contribution in [0.5, 0.6) is 0 Å². The van der Waals surface area contributed by atoms with Crippen molar-refractivity contribution < 1.29 is 9.53 Å². The summed E-state index contributed by atoms with van der Waals surface area (Å²) in [6.07, 6.45) is 3.56. The Bertz CT molecular complexity index is 701. The molecule has 0 aliphatic carbocycles. The molecule has 8 heteroatoms. The molecule has 2 rings (SSSR count). The first-order chi connectivity index (χ1) is 11.7. The SMILES string of the molecule is CCOCC(=O)Nc1cnc2cc(Br)ccc2c1NCCCCCl.Cl. The fourth-order valence-corrected chi connectivity index (χ4v) is 2.80. The molecule has 0 radical (unpaired) electrons. The molecule has 0 fully saturated rings. The number of nitrogens with one attached hydrogen (secondary N) is 2. The Labute approximate surface area is 167 Å². The van der Waals surface area contributed by atoms with Gasteiger partial charge >= 0.3 is 0 Å². The van der Waals surface area contributed by atoms with Gasteiger partial charge in [0.2, 0.25) is 5.91 Å². The molecule has 25 heavy (non-hydrogen) atoms. The van der Waals surface area contributed by atoms with Gasteiger partial charge in [0.15, 0.2) is 0 Å². The van der Waals surface area contributed by atoms with Crippen molar-refractivity contribution in [1.82, 2.24) is 4.98 Å². The van der Waals surface area contributed by atoms with Gasteiger partial charge in [-0.1, -0.05) is 15.9 Å². The van der Waals surface area contributed by atoms with Gasteiger partial charge in [-0.3, -0.25) is 9.78 Å². The number of rotatable bonds is 9. The number of alkyl halides is 1. The maximum absolute atomic E-state index is 12.0. The standard InChI is InChI=1S/C17H21BrClN3O2.ClH/c1-2-24-11-16(23)22-15-10-21-14-9-12(18)5-6-13(14)17(15)20-8-4-3-7-19;/h5-6,9-10H,2-4,7-8,11H2,1H3,(H,20,21)(H,22,23);1H. The zero-order chi connectivity index (χ0) is 17.4. The Kier molecular flexibility index (Phi) is 10.1. The van der Waals surface area contributed by atoms with Crippen LogP contribution in [0.2, 0.25) is 0 Å². The molecule has 0 saturated carbocycles. The van der Waals surface area contributed by atoms with Gasteiger partial charge < -0.3 is 15.4 Å². The molecule has 0 unspecified atom stereocenters. The summed E-state index contributed by atoms with van der Waals surface area (Å²) in [5, 5.41) is 7.23. The van der Waals surface area contributed by atoms with Crippen molar-refractivity contribution in [2.24, 2.45) is 0 Å². The van der Waals surface area contributed by atoms with Crippen LogP contribution >= 0.6 is 39.9 Å². The number of nitrogens with zero attached hydrogens (tertiary/aromatic N) is 1. The van der Waals surface area contributed by atoms with E-state index in [0.717, 1.165) is 40.4 Å². The van der Waals surface area contributed by atoms with Crippen molar-refractivity contribution in [3.05, 3.63) is 28.9 Å². The predicted octanol–water partition coefficient (Wildman–Crippen LogP) is 4.83. The van der Waals surface area contributed by atoms with E-state index in [4.69, 9.17) is 16.3 Å². The van der Waals surface area contributed by atoms with E-state index in [1.54, 1.807) is 6.20 Å². The third kappa shape index (κ3) is 6.62. The van der Waals surface area contributed by atoms with Crippen molar-refractivity contribution >= 4 is 68.1 Å². The van der Waals surface area contributed by atoms with E-state index in [2.05, 4.69) is 31.5 Å². The normalized spacial score (nSPS) is 10.4. The summed E-state index contributed by atoms with van der Waals surface area (Å²) in [7, 11) is 0. The number of halogens is 3. The number of unbranched alkanes of at least 4 members (excludes halogenated alkanes) is 1. The third-order valence-corrected chi connectivity index (χ3v) is 4.17. The van der Waals surface area contributed by atoms with Crippen LogP contribution in [0.1, 0.15) is 19.8 Å². The first-order valence-electron chi connectivity index (χ1n) is 7.91. The van der Waals surface area contributed by atoms with Gasteiger partial charge in [-0.25, -0.2) is 0 Å². The topological polar surface area (TPSA) is 63.2 Å². The molecule has 0 aliphatic heterocycles. The molecular formula is C17H22BrCl2N3O2. The lowest BCUT2D eigenvalue weighted by atomic mass is 10.1. The first-order valence-corrected chi connectivity index (χ1v) is 9.24. The highest BCUT2D eigenvalue weighted by atomic mass is 79.9. The fraction of sp³-hybridized carbons (Fsp3) is 0.412. The molecule has 138 valence electrons. The monoisotopic (exact) mass is 449 g/mol. The average Bonchev–Trinajstić information content (AvgIpc) is 2.58. The van der Waals surface area contributed by atoms with Crippen LogP contribution in [0.4, 0.5) is 11.4 Å². The van der Waals surface area contributed by atoms with Crippen LogP contribution in [-0.2, 0) is 9.53 Å². The Morgan fingerprint density at radius 3 is 2.88 bits per heavy atom. The van der Waals surface area contributed by atoms with E-state index in [-0.39, 0.29) is 24.9 Å². The van der Waals surface area contributed by atoms with Gasteiger partial charge in [0.25, 0.3) is 0 Å². The lowest BCUT2D eigenvalue weighted by Crippen LogP contribution is -2.19. The molecular weight excluding hydrogens is 429 g/mol. The maximum Gasteiger partial charge on any atom is 0.250 e. The number of benzene rings is 1. The Morgan fingerprint density at radius 1 is 1.36 bits per heavy atom. The highest BCUT2D eigenvalue weighted by Gasteiger charge is 2.12.